The van der Waals surface area contributed by atoms with E-state index >= 15 is 0 Å². The number of allylic oxidation sites excluding steroid dienone is 1. The molecule has 0 nitrogen and oxygen atoms in total. The Morgan fingerprint density at radius 1 is 0.824 bits per heavy atom. The van der Waals surface area contributed by atoms with E-state index in [0.29, 0.717) is 0 Å². The van der Waals surface area contributed by atoms with E-state index in [1.807, 2.05) is 12.1 Å². The fraction of sp³-hybridized carbons (Fsp3) is 0.0588. The van der Waals surface area contributed by atoms with E-state index in [-0.39, 0.29) is 0 Å². The maximum atomic E-state index is 3.79. The average molecular weight is 220 g/mol. The van der Waals surface area contributed by atoms with Crippen LogP contribution in [0.2, 0.25) is 0 Å². The molecule has 0 amide bonds. The van der Waals surface area contributed by atoms with Gasteiger partial charge in [-0.05, 0) is 23.1 Å². The van der Waals surface area contributed by atoms with Gasteiger partial charge in [-0.2, -0.15) is 0 Å². The van der Waals surface area contributed by atoms with Crippen molar-refractivity contribution in [2.24, 2.45) is 0 Å². The molecule has 0 spiro atoms. The maximum Gasteiger partial charge on any atom is -0.00942 e. The van der Waals surface area contributed by atoms with Crippen molar-refractivity contribution in [1.29, 1.82) is 0 Å². The molecule has 0 saturated carbocycles. The van der Waals surface area contributed by atoms with Crippen molar-refractivity contribution in [3.05, 3.63) is 83.9 Å². The smallest absolute Gasteiger partial charge is 0.00942 e. The van der Waals surface area contributed by atoms with E-state index in [4.69, 9.17) is 0 Å². The molecule has 84 valence electrons. The molecule has 0 unspecified atom stereocenters. The van der Waals surface area contributed by atoms with Gasteiger partial charge in [-0.3, -0.25) is 0 Å². The van der Waals surface area contributed by atoms with Crippen molar-refractivity contribution in [3.63, 3.8) is 0 Å². The zero-order valence-electron chi connectivity index (χ0n) is 9.84. The summed E-state index contributed by atoms with van der Waals surface area (Å²) in [5.74, 6) is 0. The molecule has 0 heteroatoms. The van der Waals surface area contributed by atoms with Crippen molar-refractivity contribution < 1.29 is 0 Å². The lowest BCUT2D eigenvalue weighted by Crippen LogP contribution is -1.85. The summed E-state index contributed by atoms with van der Waals surface area (Å²) >= 11 is 0. The molecule has 0 N–H and O–H groups in total. The highest BCUT2D eigenvalue weighted by molar-refractivity contribution is 5.71. The molecule has 0 fully saturated rings. The van der Waals surface area contributed by atoms with Crippen molar-refractivity contribution in [1.82, 2.24) is 0 Å². The lowest BCUT2D eigenvalue weighted by molar-refractivity contribution is 1.27. The minimum Gasteiger partial charge on any atom is -0.103 e. The Balaban J connectivity index is 2.24. The summed E-state index contributed by atoms with van der Waals surface area (Å²) in [6.07, 6.45) is 7.15. The van der Waals surface area contributed by atoms with E-state index in [2.05, 4.69) is 67.3 Å². The summed E-state index contributed by atoms with van der Waals surface area (Å²) in [7, 11) is 0. The molecule has 0 aliphatic heterocycles. The van der Waals surface area contributed by atoms with Gasteiger partial charge >= 0.3 is 0 Å². The second-order valence-corrected chi connectivity index (χ2v) is 3.94. The van der Waals surface area contributed by atoms with Gasteiger partial charge in [0.1, 0.15) is 0 Å². The molecule has 0 radical (unpaired) electrons. The van der Waals surface area contributed by atoms with Crippen molar-refractivity contribution >= 4 is 12.2 Å². The Hall–Kier alpha value is -2.08. The third-order valence-electron chi connectivity index (χ3n) is 2.67. The SMILES string of the molecule is C=CCc1ccccc1C=Cc1ccccc1. The zero-order chi connectivity index (χ0) is 11.9. The van der Waals surface area contributed by atoms with E-state index in [1.54, 1.807) is 0 Å². The minimum absolute atomic E-state index is 0.912. The molecule has 0 atom stereocenters. The number of rotatable bonds is 4. The molecule has 0 heterocycles. The normalized spacial score (nSPS) is 10.6. The van der Waals surface area contributed by atoms with Crippen LogP contribution in [0.15, 0.2) is 67.3 Å². The predicted octanol–water partition coefficient (Wildman–Crippen LogP) is 4.59. The largest absolute Gasteiger partial charge is 0.103 e. The van der Waals surface area contributed by atoms with Crippen LogP contribution in [0.1, 0.15) is 16.7 Å². The van der Waals surface area contributed by atoms with Gasteiger partial charge in [-0.1, -0.05) is 72.8 Å². The van der Waals surface area contributed by atoms with Gasteiger partial charge in [0.15, 0.2) is 0 Å². The molecule has 0 saturated heterocycles. The Bertz CT molecular complexity index is 507. The zero-order valence-corrected chi connectivity index (χ0v) is 9.84. The Labute approximate surface area is 103 Å². The highest BCUT2D eigenvalue weighted by Gasteiger charge is 1.95. The van der Waals surface area contributed by atoms with Gasteiger partial charge in [0.2, 0.25) is 0 Å². The summed E-state index contributed by atoms with van der Waals surface area (Å²) in [6.45, 7) is 3.79. The van der Waals surface area contributed by atoms with Crippen LogP contribution in [-0.4, -0.2) is 0 Å². The minimum atomic E-state index is 0.912. The number of benzene rings is 2. The summed E-state index contributed by atoms with van der Waals surface area (Å²) in [5, 5.41) is 0. The van der Waals surface area contributed by atoms with Crippen molar-refractivity contribution in [2.75, 3.05) is 0 Å². The Kier molecular flexibility index (Phi) is 3.93. The lowest BCUT2D eigenvalue weighted by Gasteiger charge is -2.02. The quantitative estimate of drug-likeness (QED) is 0.522. The molecule has 0 aliphatic rings. The standard InChI is InChI=1S/C17H16/c1-2-8-16-11-6-7-12-17(16)14-13-15-9-4-3-5-10-15/h2-7,9-14H,1,8H2. The Morgan fingerprint density at radius 2 is 1.53 bits per heavy atom. The molecular formula is C17H16. The monoisotopic (exact) mass is 220 g/mol. The van der Waals surface area contributed by atoms with Crippen LogP contribution in [0.25, 0.3) is 12.2 Å². The first-order valence-corrected chi connectivity index (χ1v) is 5.82. The summed E-state index contributed by atoms with van der Waals surface area (Å²) in [4.78, 5) is 0. The molecule has 0 aromatic heterocycles. The first kappa shape index (κ1) is 11.4. The summed E-state index contributed by atoms with van der Waals surface area (Å²) in [6, 6.07) is 18.8. The third-order valence-corrected chi connectivity index (χ3v) is 2.67. The van der Waals surface area contributed by atoms with Crippen LogP contribution in [0.4, 0.5) is 0 Å². The Morgan fingerprint density at radius 3 is 2.29 bits per heavy atom. The van der Waals surface area contributed by atoms with E-state index in [0.717, 1.165) is 6.42 Å². The topological polar surface area (TPSA) is 0 Å². The maximum absolute atomic E-state index is 3.79. The van der Waals surface area contributed by atoms with E-state index in [1.165, 1.54) is 16.7 Å². The van der Waals surface area contributed by atoms with Crippen LogP contribution in [0, 0.1) is 0 Å². The van der Waals surface area contributed by atoms with Crippen LogP contribution < -0.4 is 0 Å². The van der Waals surface area contributed by atoms with Crippen molar-refractivity contribution in [3.8, 4) is 0 Å². The summed E-state index contributed by atoms with van der Waals surface area (Å²) < 4.78 is 0. The number of hydrogen-bond donors (Lipinski definition) is 0. The highest BCUT2D eigenvalue weighted by Crippen LogP contribution is 2.14. The van der Waals surface area contributed by atoms with Gasteiger partial charge in [0, 0.05) is 0 Å². The van der Waals surface area contributed by atoms with Crippen LogP contribution in [0.5, 0.6) is 0 Å². The second kappa shape index (κ2) is 5.86. The first-order chi connectivity index (χ1) is 8.40. The highest BCUT2D eigenvalue weighted by atomic mass is 14.0. The van der Waals surface area contributed by atoms with Gasteiger partial charge < -0.3 is 0 Å². The second-order valence-electron chi connectivity index (χ2n) is 3.94. The molecule has 2 aromatic carbocycles. The molecule has 0 aliphatic carbocycles. The van der Waals surface area contributed by atoms with Gasteiger partial charge in [-0.15, -0.1) is 6.58 Å². The van der Waals surface area contributed by atoms with Gasteiger partial charge in [0.25, 0.3) is 0 Å². The number of hydrogen-bond acceptors (Lipinski definition) is 0. The van der Waals surface area contributed by atoms with E-state index in [9.17, 15) is 0 Å². The lowest BCUT2D eigenvalue weighted by atomic mass is 10.0. The third kappa shape index (κ3) is 3.18. The fourth-order valence-corrected chi connectivity index (χ4v) is 1.79. The molecular weight excluding hydrogens is 204 g/mol. The van der Waals surface area contributed by atoms with Crippen LogP contribution in [0.3, 0.4) is 0 Å². The fourth-order valence-electron chi connectivity index (χ4n) is 1.79. The molecule has 0 bridgehead atoms. The molecule has 2 aromatic rings. The van der Waals surface area contributed by atoms with Gasteiger partial charge in [-0.25, -0.2) is 0 Å². The summed E-state index contributed by atoms with van der Waals surface area (Å²) in [5.41, 5.74) is 3.80. The van der Waals surface area contributed by atoms with Crippen molar-refractivity contribution in [2.45, 2.75) is 6.42 Å². The van der Waals surface area contributed by atoms with Gasteiger partial charge in [0.05, 0.1) is 0 Å². The molecule has 17 heavy (non-hydrogen) atoms. The predicted molar refractivity (Wildman–Crippen MR) is 75.7 cm³/mol. The van der Waals surface area contributed by atoms with Crippen LogP contribution >= 0.6 is 0 Å². The first-order valence-electron chi connectivity index (χ1n) is 5.82. The van der Waals surface area contributed by atoms with E-state index < -0.39 is 0 Å². The van der Waals surface area contributed by atoms with Crippen LogP contribution in [-0.2, 0) is 6.42 Å². The molecule has 2 rings (SSSR count). The average Bonchev–Trinajstić information content (AvgIpc) is 2.39.